The van der Waals surface area contributed by atoms with Crippen LogP contribution in [0.25, 0.3) is 0 Å². The molecule has 1 aliphatic heterocycles. The highest BCUT2D eigenvalue weighted by atomic mass is 19.1. The van der Waals surface area contributed by atoms with Crippen molar-refractivity contribution in [3.8, 4) is 12.1 Å². The Morgan fingerprint density at radius 1 is 1.16 bits per heavy atom. The van der Waals surface area contributed by atoms with Crippen molar-refractivity contribution in [2.45, 2.75) is 51.5 Å². The molecule has 1 amide bonds. The molecule has 32 heavy (non-hydrogen) atoms. The van der Waals surface area contributed by atoms with E-state index in [1.165, 1.54) is 17.2 Å². The van der Waals surface area contributed by atoms with E-state index in [0.29, 0.717) is 30.1 Å². The first kappa shape index (κ1) is 21.9. The van der Waals surface area contributed by atoms with Gasteiger partial charge in [0.25, 0.3) is 0 Å². The Kier molecular flexibility index (Phi) is 6.48. The van der Waals surface area contributed by atoms with Gasteiger partial charge in [-0.05, 0) is 79.8 Å². The van der Waals surface area contributed by atoms with Crippen LogP contribution in [-0.2, 0) is 16.1 Å². The van der Waals surface area contributed by atoms with Gasteiger partial charge in [0.1, 0.15) is 11.9 Å². The fraction of sp³-hybridized carbons (Fsp3) is 0.440. The Morgan fingerprint density at radius 3 is 2.66 bits per heavy atom. The summed E-state index contributed by atoms with van der Waals surface area (Å²) < 4.78 is 13.9. The van der Waals surface area contributed by atoms with Crippen LogP contribution in [-0.4, -0.2) is 22.6 Å². The number of carbonyl (C=O) groups excluding carboxylic acids is 1. The number of amides is 1. The summed E-state index contributed by atoms with van der Waals surface area (Å²) in [4.78, 5) is 23.1. The van der Waals surface area contributed by atoms with Crippen LogP contribution in [0.15, 0.2) is 30.6 Å². The molecule has 1 aliphatic carbocycles. The van der Waals surface area contributed by atoms with Crippen molar-refractivity contribution in [3.63, 3.8) is 0 Å². The van der Waals surface area contributed by atoms with Gasteiger partial charge < -0.3 is 0 Å². The Hall–Kier alpha value is -3.29. The highest BCUT2D eigenvalue weighted by Gasteiger charge is 2.37. The lowest BCUT2D eigenvalue weighted by atomic mass is 9.78. The molecule has 1 aromatic heterocycles. The fourth-order valence-corrected chi connectivity index (χ4v) is 4.85. The van der Waals surface area contributed by atoms with E-state index in [0.717, 1.165) is 43.2 Å². The minimum Gasteiger partial charge on any atom is -0.272 e. The van der Waals surface area contributed by atoms with Gasteiger partial charge in [-0.25, -0.2) is 9.45 Å². The van der Waals surface area contributed by atoms with Crippen molar-refractivity contribution in [2.75, 3.05) is 6.61 Å². The molecule has 164 valence electrons. The van der Waals surface area contributed by atoms with E-state index < -0.39 is 5.82 Å². The molecular formula is C25H25FN4O2. The Balaban J connectivity index is 1.40. The Morgan fingerprint density at radius 2 is 1.94 bits per heavy atom. The predicted molar refractivity (Wildman–Crippen MR) is 114 cm³/mol. The second kappa shape index (κ2) is 9.46. The van der Waals surface area contributed by atoms with E-state index in [-0.39, 0.29) is 23.4 Å². The van der Waals surface area contributed by atoms with E-state index in [1.807, 2.05) is 19.2 Å². The number of hydrogen-bond acceptors (Lipinski definition) is 5. The summed E-state index contributed by atoms with van der Waals surface area (Å²) in [5.41, 5.74) is 3.54. The third-order valence-electron chi connectivity index (χ3n) is 6.70. The van der Waals surface area contributed by atoms with Gasteiger partial charge in [-0.1, -0.05) is 0 Å². The van der Waals surface area contributed by atoms with Crippen molar-refractivity contribution in [1.29, 1.82) is 10.5 Å². The molecule has 1 saturated carbocycles. The summed E-state index contributed by atoms with van der Waals surface area (Å²) in [5, 5.41) is 19.8. The second-order valence-corrected chi connectivity index (χ2v) is 8.69. The molecule has 4 rings (SSSR count). The number of halogens is 1. The van der Waals surface area contributed by atoms with Crippen LogP contribution in [0.4, 0.5) is 4.39 Å². The van der Waals surface area contributed by atoms with Crippen LogP contribution in [0.1, 0.15) is 66.0 Å². The minimum absolute atomic E-state index is 0.0574. The topological polar surface area (TPSA) is 90.0 Å². The van der Waals surface area contributed by atoms with Crippen molar-refractivity contribution < 1.29 is 14.0 Å². The number of nitriles is 2. The zero-order chi connectivity index (χ0) is 22.7. The summed E-state index contributed by atoms with van der Waals surface area (Å²) in [7, 11) is 0. The number of aromatic nitrogens is 1. The fourth-order valence-electron chi connectivity index (χ4n) is 4.85. The number of hydroxylamine groups is 2. The smallest absolute Gasteiger partial charge is 0.249 e. The third kappa shape index (κ3) is 4.49. The van der Waals surface area contributed by atoms with Gasteiger partial charge >= 0.3 is 0 Å². The van der Waals surface area contributed by atoms with Crippen LogP contribution in [0.3, 0.4) is 0 Å². The third-order valence-corrected chi connectivity index (χ3v) is 6.70. The van der Waals surface area contributed by atoms with E-state index >= 15 is 0 Å². The minimum atomic E-state index is -0.482. The van der Waals surface area contributed by atoms with Crippen molar-refractivity contribution in [3.05, 3.63) is 64.2 Å². The number of rotatable bonds is 4. The Labute approximate surface area is 187 Å². The molecule has 0 N–H and O–H groups in total. The van der Waals surface area contributed by atoms with Gasteiger partial charge in [0.15, 0.2) is 0 Å². The van der Waals surface area contributed by atoms with E-state index in [1.54, 1.807) is 12.3 Å². The van der Waals surface area contributed by atoms with Crippen LogP contribution in [0.2, 0.25) is 0 Å². The number of nitrogens with zero attached hydrogens (tertiary/aromatic N) is 4. The lowest BCUT2D eigenvalue weighted by molar-refractivity contribution is -0.183. The quantitative estimate of drug-likeness (QED) is 0.708. The summed E-state index contributed by atoms with van der Waals surface area (Å²) in [5.74, 6) is -0.215. The monoisotopic (exact) mass is 432 g/mol. The molecule has 0 bridgehead atoms. The first-order valence-corrected chi connectivity index (χ1v) is 11.0. The number of pyridine rings is 1. The summed E-state index contributed by atoms with van der Waals surface area (Å²) in [6.07, 6.45) is 8.26. The average molecular weight is 432 g/mol. The van der Waals surface area contributed by atoms with Crippen LogP contribution in [0.5, 0.6) is 0 Å². The van der Waals surface area contributed by atoms with Crippen molar-refractivity contribution in [2.24, 2.45) is 11.8 Å². The standard InChI is InChI=1S/C25H25FN4O2/c1-16-21(14-29-15-22(16)13-28)8-17-2-4-19(5-3-17)25(31)30-24(6-7-32-30)20-9-18(12-27)10-23(26)11-20/h9-11,14-15,17,19,24H,2-8H2,1H3/t17-,19-,24-/m0/s1. The molecule has 1 atom stereocenters. The first-order chi connectivity index (χ1) is 15.5. The molecule has 2 aliphatic rings. The molecule has 0 spiro atoms. The SMILES string of the molecule is Cc1c(C#N)cncc1C[C@H]1CC[C@H](C(=O)N2OCC[C@H]2c2cc(F)cc(C#N)c2)CC1. The zero-order valence-electron chi connectivity index (χ0n) is 18.1. The predicted octanol–water partition coefficient (Wildman–Crippen LogP) is 4.53. The molecule has 6 nitrogen and oxygen atoms in total. The number of benzene rings is 1. The molecule has 2 aromatic rings. The van der Waals surface area contributed by atoms with E-state index in [9.17, 15) is 14.4 Å². The van der Waals surface area contributed by atoms with Gasteiger partial charge in [0.05, 0.1) is 29.8 Å². The van der Waals surface area contributed by atoms with Gasteiger partial charge in [0.2, 0.25) is 5.91 Å². The molecule has 1 saturated heterocycles. The van der Waals surface area contributed by atoms with Crippen molar-refractivity contribution >= 4 is 5.91 Å². The largest absolute Gasteiger partial charge is 0.272 e. The maximum atomic E-state index is 13.9. The van der Waals surface area contributed by atoms with Crippen LogP contribution in [0, 0.1) is 47.2 Å². The molecule has 2 heterocycles. The first-order valence-electron chi connectivity index (χ1n) is 11.0. The number of carbonyl (C=O) groups is 1. The van der Waals surface area contributed by atoms with Crippen LogP contribution >= 0.6 is 0 Å². The van der Waals surface area contributed by atoms with Crippen molar-refractivity contribution in [1.82, 2.24) is 10.0 Å². The average Bonchev–Trinajstić information content (AvgIpc) is 3.30. The molecule has 0 radical (unpaired) electrons. The second-order valence-electron chi connectivity index (χ2n) is 8.69. The summed E-state index contributed by atoms with van der Waals surface area (Å²) in [6.45, 7) is 2.35. The zero-order valence-corrected chi connectivity index (χ0v) is 18.1. The van der Waals surface area contributed by atoms with Gasteiger partial charge in [-0.2, -0.15) is 10.5 Å². The summed E-state index contributed by atoms with van der Waals surface area (Å²) in [6, 6.07) is 7.98. The molecule has 1 aromatic carbocycles. The molecule has 0 unspecified atom stereocenters. The highest BCUT2D eigenvalue weighted by molar-refractivity contribution is 5.78. The molecular weight excluding hydrogens is 407 g/mol. The van der Waals surface area contributed by atoms with E-state index in [2.05, 4.69) is 11.1 Å². The highest BCUT2D eigenvalue weighted by Crippen LogP contribution is 2.37. The maximum absolute atomic E-state index is 13.9. The normalized spacial score (nSPS) is 22.9. The number of hydrogen-bond donors (Lipinski definition) is 0. The lowest BCUT2D eigenvalue weighted by Gasteiger charge is -2.32. The van der Waals surface area contributed by atoms with Gasteiger partial charge in [0, 0.05) is 24.7 Å². The van der Waals surface area contributed by atoms with E-state index in [4.69, 9.17) is 10.1 Å². The van der Waals surface area contributed by atoms with Crippen LogP contribution < -0.4 is 0 Å². The maximum Gasteiger partial charge on any atom is 0.249 e. The summed E-state index contributed by atoms with van der Waals surface area (Å²) >= 11 is 0. The lowest BCUT2D eigenvalue weighted by Crippen LogP contribution is -2.36. The van der Waals surface area contributed by atoms with Gasteiger partial charge in [-0.3, -0.25) is 14.6 Å². The Bertz CT molecular complexity index is 1100. The van der Waals surface area contributed by atoms with Gasteiger partial charge in [-0.15, -0.1) is 0 Å². The molecule has 2 fully saturated rings. The molecule has 7 heteroatoms.